The van der Waals surface area contributed by atoms with E-state index in [4.69, 9.17) is 5.11 Å². The maximum Gasteiger partial charge on any atom is 0.332 e. The molecule has 1 aliphatic heterocycles. The van der Waals surface area contributed by atoms with E-state index >= 15 is 0 Å². The molecule has 0 radical (unpaired) electrons. The van der Waals surface area contributed by atoms with E-state index in [-0.39, 0.29) is 12.1 Å². The monoisotopic (exact) mass is 159 g/mol. The Balaban J connectivity index is 2.22. The molecule has 0 unspecified atom stereocenters. The predicted octanol–water partition coefficient (Wildman–Crippen LogP) is 0.281. The predicted molar refractivity (Wildman–Crippen MR) is 38.1 cm³/mol. The number of hydrogen-bond acceptors (Lipinski definition) is 2. The highest BCUT2D eigenvalue weighted by Crippen LogP contribution is 2.12. The van der Waals surface area contributed by atoms with Crippen LogP contribution in [0.5, 0.6) is 0 Å². The van der Waals surface area contributed by atoms with Crippen molar-refractivity contribution in [1.29, 1.82) is 0 Å². The Morgan fingerprint density at radius 2 is 2.27 bits per heavy atom. The van der Waals surface area contributed by atoms with Crippen molar-refractivity contribution in [3.8, 4) is 0 Å². The number of hydrogen-bond donors (Lipinski definition) is 1. The fourth-order valence-electron chi connectivity index (χ4n) is 0.974. The zero-order valence-corrected chi connectivity index (χ0v) is 6.09. The Bertz CT molecular complexity index is 187. The Morgan fingerprint density at radius 3 is 2.64 bits per heavy atom. The molecular formula is C7H10FNO2. The maximum atomic E-state index is 12.2. The molecule has 0 amide bonds. The minimum Gasteiger partial charge on any atom is -0.478 e. The third-order valence-corrected chi connectivity index (χ3v) is 1.63. The van der Waals surface area contributed by atoms with Gasteiger partial charge in [0.1, 0.15) is 6.17 Å². The van der Waals surface area contributed by atoms with Crippen molar-refractivity contribution < 1.29 is 14.3 Å². The van der Waals surface area contributed by atoms with Gasteiger partial charge in [-0.1, -0.05) is 6.58 Å². The summed E-state index contributed by atoms with van der Waals surface area (Å²) in [6, 6.07) is 0. The first-order valence-electron chi connectivity index (χ1n) is 3.37. The number of halogens is 1. The van der Waals surface area contributed by atoms with Gasteiger partial charge >= 0.3 is 5.97 Å². The fourth-order valence-corrected chi connectivity index (χ4v) is 0.974. The van der Waals surface area contributed by atoms with Crippen molar-refractivity contribution in [2.75, 3.05) is 19.6 Å². The van der Waals surface area contributed by atoms with E-state index in [9.17, 15) is 9.18 Å². The summed E-state index contributed by atoms with van der Waals surface area (Å²) < 4.78 is 12.2. The summed E-state index contributed by atoms with van der Waals surface area (Å²) >= 11 is 0. The standard InChI is InChI=1S/C7H10FNO2/c1-5(7(10)11)2-9-3-6(8)4-9/h6H,1-4H2,(H,10,11). The highest BCUT2D eigenvalue weighted by molar-refractivity contribution is 5.86. The molecule has 0 aromatic heterocycles. The average molecular weight is 159 g/mol. The first kappa shape index (κ1) is 8.20. The van der Waals surface area contributed by atoms with Crippen molar-refractivity contribution in [3.05, 3.63) is 12.2 Å². The second-order valence-corrected chi connectivity index (χ2v) is 2.70. The van der Waals surface area contributed by atoms with E-state index < -0.39 is 12.1 Å². The first-order chi connectivity index (χ1) is 5.09. The van der Waals surface area contributed by atoms with E-state index in [1.807, 2.05) is 0 Å². The number of carbonyl (C=O) groups is 1. The van der Waals surface area contributed by atoms with E-state index in [0.717, 1.165) is 0 Å². The molecule has 62 valence electrons. The lowest BCUT2D eigenvalue weighted by molar-refractivity contribution is -0.133. The minimum absolute atomic E-state index is 0.122. The first-order valence-corrected chi connectivity index (χ1v) is 3.37. The molecule has 0 spiro atoms. The Morgan fingerprint density at radius 1 is 1.73 bits per heavy atom. The number of carboxylic acids is 1. The Hall–Kier alpha value is -0.900. The molecule has 3 nitrogen and oxygen atoms in total. The van der Waals surface area contributed by atoms with Crippen LogP contribution in [0.2, 0.25) is 0 Å². The van der Waals surface area contributed by atoms with Gasteiger partial charge in [-0.15, -0.1) is 0 Å². The second kappa shape index (κ2) is 3.00. The van der Waals surface area contributed by atoms with Gasteiger partial charge in [0.2, 0.25) is 0 Å². The van der Waals surface area contributed by atoms with Crippen LogP contribution < -0.4 is 0 Å². The van der Waals surface area contributed by atoms with Gasteiger partial charge in [0, 0.05) is 25.2 Å². The Labute approximate surface area is 64.1 Å². The van der Waals surface area contributed by atoms with Gasteiger partial charge in [-0.2, -0.15) is 0 Å². The number of rotatable bonds is 3. The molecule has 1 aliphatic rings. The molecule has 0 atom stereocenters. The largest absolute Gasteiger partial charge is 0.478 e. The highest BCUT2D eigenvalue weighted by atomic mass is 19.1. The van der Waals surface area contributed by atoms with Crippen molar-refractivity contribution in [3.63, 3.8) is 0 Å². The van der Waals surface area contributed by atoms with Crippen LogP contribution >= 0.6 is 0 Å². The van der Waals surface area contributed by atoms with Crippen molar-refractivity contribution in [1.82, 2.24) is 4.90 Å². The van der Waals surface area contributed by atoms with Crippen LogP contribution in [0.3, 0.4) is 0 Å². The summed E-state index contributed by atoms with van der Waals surface area (Å²) in [6.07, 6.45) is -0.781. The van der Waals surface area contributed by atoms with Crippen LogP contribution in [-0.2, 0) is 4.79 Å². The van der Waals surface area contributed by atoms with Crippen molar-refractivity contribution in [2.45, 2.75) is 6.17 Å². The number of nitrogens with zero attached hydrogens (tertiary/aromatic N) is 1. The van der Waals surface area contributed by atoms with Gasteiger partial charge in [-0.25, -0.2) is 9.18 Å². The molecule has 11 heavy (non-hydrogen) atoms. The molecular weight excluding hydrogens is 149 g/mol. The lowest BCUT2D eigenvalue weighted by atomic mass is 10.1. The average Bonchev–Trinajstić information content (AvgIpc) is 1.84. The Kier molecular flexibility index (Phi) is 2.24. The molecule has 1 rings (SSSR count). The third kappa shape index (κ3) is 2.01. The molecule has 1 fully saturated rings. The second-order valence-electron chi connectivity index (χ2n) is 2.70. The van der Waals surface area contributed by atoms with Crippen LogP contribution in [0.1, 0.15) is 0 Å². The quantitative estimate of drug-likeness (QED) is 0.601. The van der Waals surface area contributed by atoms with E-state index in [1.165, 1.54) is 0 Å². The van der Waals surface area contributed by atoms with Crippen LogP contribution in [0.4, 0.5) is 4.39 Å². The summed E-state index contributed by atoms with van der Waals surface area (Å²) in [6.45, 7) is 4.29. The summed E-state index contributed by atoms with van der Waals surface area (Å²) in [5.74, 6) is -1.01. The molecule has 1 saturated heterocycles. The number of alkyl halides is 1. The van der Waals surface area contributed by atoms with E-state index in [1.54, 1.807) is 4.90 Å². The molecule has 1 N–H and O–H groups in total. The number of carboxylic acid groups (broad SMARTS) is 1. The smallest absolute Gasteiger partial charge is 0.332 e. The molecule has 0 bridgehead atoms. The van der Waals surface area contributed by atoms with E-state index in [0.29, 0.717) is 13.1 Å². The topological polar surface area (TPSA) is 40.5 Å². The van der Waals surface area contributed by atoms with Gasteiger partial charge in [0.15, 0.2) is 0 Å². The molecule has 0 saturated carbocycles. The summed E-state index contributed by atoms with van der Waals surface area (Å²) in [7, 11) is 0. The highest BCUT2D eigenvalue weighted by Gasteiger charge is 2.26. The minimum atomic E-state index is -1.01. The lowest BCUT2D eigenvalue weighted by Crippen LogP contribution is -2.49. The summed E-state index contributed by atoms with van der Waals surface area (Å²) in [5.41, 5.74) is 0.122. The van der Waals surface area contributed by atoms with Crippen molar-refractivity contribution >= 4 is 5.97 Å². The van der Waals surface area contributed by atoms with Gasteiger partial charge in [0.05, 0.1) is 0 Å². The number of aliphatic carboxylic acids is 1. The third-order valence-electron chi connectivity index (χ3n) is 1.63. The summed E-state index contributed by atoms with van der Waals surface area (Å²) in [4.78, 5) is 11.9. The van der Waals surface area contributed by atoms with Gasteiger partial charge in [-0.05, 0) is 0 Å². The van der Waals surface area contributed by atoms with Crippen LogP contribution in [0, 0.1) is 0 Å². The van der Waals surface area contributed by atoms with Gasteiger partial charge < -0.3 is 5.11 Å². The van der Waals surface area contributed by atoms with Gasteiger partial charge in [0.25, 0.3) is 0 Å². The SMILES string of the molecule is C=C(CN1CC(F)C1)C(=O)O. The summed E-state index contributed by atoms with van der Waals surface area (Å²) in [5, 5.41) is 8.40. The van der Waals surface area contributed by atoms with Gasteiger partial charge in [-0.3, -0.25) is 4.90 Å². The fraction of sp³-hybridized carbons (Fsp3) is 0.571. The molecule has 0 aromatic rings. The normalized spacial score (nSPS) is 19.4. The maximum absolute atomic E-state index is 12.2. The lowest BCUT2D eigenvalue weighted by Gasteiger charge is -2.33. The van der Waals surface area contributed by atoms with E-state index in [2.05, 4.69) is 6.58 Å². The molecule has 1 heterocycles. The number of likely N-dealkylation sites (tertiary alicyclic amines) is 1. The van der Waals surface area contributed by atoms with Crippen LogP contribution in [0.25, 0.3) is 0 Å². The molecule has 4 heteroatoms. The zero-order valence-electron chi connectivity index (χ0n) is 6.09. The molecule has 0 aromatic carbocycles. The van der Waals surface area contributed by atoms with Crippen LogP contribution in [-0.4, -0.2) is 41.8 Å². The molecule has 0 aliphatic carbocycles. The zero-order chi connectivity index (χ0) is 8.43. The van der Waals surface area contributed by atoms with Crippen molar-refractivity contribution in [2.24, 2.45) is 0 Å². The van der Waals surface area contributed by atoms with Crippen LogP contribution in [0.15, 0.2) is 12.2 Å².